The second kappa shape index (κ2) is 7.77. The molecule has 1 aromatic carbocycles. The monoisotopic (exact) mass is 446 g/mol. The maximum Gasteiger partial charge on any atom is 0.413 e. The molecule has 0 saturated carbocycles. The second-order valence-corrected chi connectivity index (χ2v) is 8.92. The first-order valence-corrected chi connectivity index (χ1v) is 10.6. The normalized spacial score (nSPS) is 11.8. The fraction of sp³-hybridized carbons (Fsp3) is 0.250. The van der Waals surface area contributed by atoms with Crippen molar-refractivity contribution in [3.63, 3.8) is 0 Å². The third kappa shape index (κ3) is 3.92. The molecule has 4 rings (SSSR count). The molecule has 7 nitrogen and oxygen atoms in total. The Morgan fingerprint density at radius 2 is 2.07 bits per heavy atom. The zero-order valence-corrected chi connectivity index (χ0v) is 18.4. The van der Waals surface area contributed by atoms with E-state index in [9.17, 15) is 8.68 Å². The standard InChI is InChI=1S/C20H19FN4O3S2/c1-20(2,3)28-19(26)24-17-6-5-11-13(9-25(30-21)18(11)23-17)12-7-16-14(22-10-29-16)8-15(12)27-4/h5-10H,1-4H3,(H,23,24,26). The molecule has 4 aromatic rings. The lowest BCUT2D eigenvalue weighted by Gasteiger charge is -2.19. The van der Waals surface area contributed by atoms with E-state index in [1.165, 1.54) is 15.3 Å². The average molecular weight is 447 g/mol. The van der Waals surface area contributed by atoms with Crippen LogP contribution in [-0.2, 0) is 4.74 Å². The van der Waals surface area contributed by atoms with Crippen molar-refractivity contribution < 1.29 is 18.2 Å². The van der Waals surface area contributed by atoms with E-state index in [1.54, 1.807) is 51.7 Å². The first kappa shape index (κ1) is 20.4. The van der Waals surface area contributed by atoms with Crippen LogP contribution in [0.25, 0.3) is 32.4 Å². The van der Waals surface area contributed by atoms with Crippen molar-refractivity contribution in [2.45, 2.75) is 26.4 Å². The van der Waals surface area contributed by atoms with Crippen LogP contribution in [0.1, 0.15) is 20.8 Å². The minimum atomic E-state index is -0.637. The molecule has 0 fully saturated rings. The van der Waals surface area contributed by atoms with Gasteiger partial charge in [0.05, 0.1) is 22.8 Å². The predicted octanol–water partition coefficient (Wildman–Crippen LogP) is 6.05. The molecule has 0 aliphatic heterocycles. The number of hydrogen-bond acceptors (Lipinski definition) is 7. The summed E-state index contributed by atoms with van der Waals surface area (Å²) in [5.41, 5.74) is 3.91. The highest BCUT2D eigenvalue weighted by Crippen LogP contribution is 2.40. The summed E-state index contributed by atoms with van der Waals surface area (Å²) in [6.07, 6.45) is 1.03. The van der Waals surface area contributed by atoms with E-state index in [0.717, 1.165) is 26.7 Å². The molecule has 0 aliphatic carbocycles. The number of rotatable bonds is 4. The number of methoxy groups -OCH3 is 1. The maximum absolute atomic E-state index is 13.7. The minimum Gasteiger partial charge on any atom is -0.496 e. The van der Waals surface area contributed by atoms with Gasteiger partial charge in [-0.05, 0) is 39.0 Å². The van der Waals surface area contributed by atoms with Crippen LogP contribution >= 0.6 is 23.7 Å². The van der Waals surface area contributed by atoms with Gasteiger partial charge in [0.15, 0.2) is 18.0 Å². The Hall–Kier alpha value is -2.85. The fourth-order valence-corrected chi connectivity index (χ4v) is 4.13. The van der Waals surface area contributed by atoms with Gasteiger partial charge in [-0.15, -0.1) is 15.2 Å². The number of benzene rings is 1. The number of carbonyl (C=O) groups is 1. The van der Waals surface area contributed by atoms with Gasteiger partial charge in [0.2, 0.25) is 0 Å². The lowest BCUT2D eigenvalue weighted by Crippen LogP contribution is -2.27. The zero-order valence-electron chi connectivity index (χ0n) is 16.7. The molecule has 3 heterocycles. The highest BCUT2D eigenvalue weighted by molar-refractivity contribution is 7.92. The van der Waals surface area contributed by atoms with E-state index in [1.807, 2.05) is 12.1 Å². The van der Waals surface area contributed by atoms with Crippen molar-refractivity contribution in [3.05, 3.63) is 36.0 Å². The molecular formula is C20H19FN4O3S2. The second-order valence-electron chi connectivity index (χ2n) is 7.50. The van der Waals surface area contributed by atoms with Gasteiger partial charge in [0, 0.05) is 28.8 Å². The van der Waals surface area contributed by atoms with Gasteiger partial charge in [-0.2, -0.15) is 0 Å². The molecular weight excluding hydrogens is 427 g/mol. The van der Waals surface area contributed by atoms with Crippen LogP contribution < -0.4 is 10.1 Å². The number of anilines is 1. The molecule has 10 heteroatoms. The van der Waals surface area contributed by atoms with Gasteiger partial charge in [0.1, 0.15) is 17.2 Å². The SMILES string of the molecule is COc1cc2ncsc2cc1-c1cn(SF)c2nc(NC(=O)OC(C)(C)C)ccc12. The summed E-state index contributed by atoms with van der Waals surface area (Å²) in [5, 5.41) is 3.31. The van der Waals surface area contributed by atoms with Crippen LogP contribution in [0.2, 0.25) is 0 Å². The molecule has 0 aliphatic rings. The van der Waals surface area contributed by atoms with Gasteiger partial charge in [-0.25, -0.2) is 18.7 Å². The van der Waals surface area contributed by atoms with Crippen LogP contribution in [0.15, 0.2) is 36.0 Å². The number of pyridine rings is 1. The Morgan fingerprint density at radius 1 is 1.27 bits per heavy atom. The van der Waals surface area contributed by atoms with Crippen LogP contribution in [0.5, 0.6) is 5.75 Å². The Morgan fingerprint density at radius 3 is 2.77 bits per heavy atom. The van der Waals surface area contributed by atoms with E-state index < -0.39 is 11.7 Å². The number of carbonyl (C=O) groups excluding carboxylic acids is 1. The van der Waals surface area contributed by atoms with E-state index in [4.69, 9.17) is 9.47 Å². The first-order valence-electron chi connectivity index (χ1n) is 9.02. The predicted molar refractivity (Wildman–Crippen MR) is 119 cm³/mol. The van der Waals surface area contributed by atoms with Crippen molar-refractivity contribution in [2.75, 3.05) is 12.4 Å². The highest BCUT2D eigenvalue weighted by atomic mass is 32.2. The molecule has 0 unspecified atom stereocenters. The van der Waals surface area contributed by atoms with Gasteiger partial charge in [-0.1, -0.05) is 0 Å². The zero-order chi connectivity index (χ0) is 21.5. The highest BCUT2D eigenvalue weighted by Gasteiger charge is 2.20. The molecule has 30 heavy (non-hydrogen) atoms. The third-order valence-electron chi connectivity index (χ3n) is 4.27. The maximum atomic E-state index is 13.7. The van der Waals surface area contributed by atoms with Crippen molar-refractivity contribution in [1.82, 2.24) is 13.9 Å². The van der Waals surface area contributed by atoms with Crippen LogP contribution in [0.3, 0.4) is 0 Å². The van der Waals surface area contributed by atoms with Gasteiger partial charge in [-0.3, -0.25) is 5.32 Å². The van der Waals surface area contributed by atoms with Gasteiger partial charge < -0.3 is 9.47 Å². The molecule has 1 N–H and O–H groups in total. The lowest BCUT2D eigenvalue weighted by atomic mass is 10.0. The van der Waals surface area contributed by atoms with Crippen molar-refractivity contribution >= 4 is 56.8 Å². The number of halogens is 1. The Kier molecular flexibility index (Phi) is 5.29. The van der Waals surface area contributed by atoms with Crippen LogP contribution in [0.4, 0.5) is 14.5 Å². The summed E-state index contributed by atoms with van der Waals surface area (Å²) >= 11 is 1.55. The minimum absolute atomic E-state index is 0.0298. The van der Waals surface area contributed by atoms with Gasteiger partial charge >= 0.3 is 6.09 Å². The summed E-state index contributed by atoms with van der Waals surface area (Å²) in [6.45, 7) is 5.31. The van der Waals surface area contributed by atoms with E-state index >= 15 is 0 Å². The topological polar surface area (TPSA) is 78.3 Å². The summed E-state index contributed by atoms with van der Waals surface area (Å²) in [5.74, 6) is 0.897. The average Bonchev–Trinajstić information content (AvgIpc) is 3.28. The Balaban J connectivity index is 1.79. The number of ether oxygens (including phenoxy) is 2. The largest absolute Gasteiger partial charge is 0.496 e. The number of amides is 1. The number of fused-ring (bicyclic) bond motifs is 2. The Bertz CT molecular complexity index is 1250. The number of nitrogens with zero attached hydrogens (tertiary/aromatic N) is 3. The molecule has 0 atom stereocenters. The van der Waals surface area contributed by atoms with Gasteiger partial charge in [0.25, 0.3) is 0 Å². The summed E-state index contributed by atoms with van der Waals surface area (Å²) < 4.78 is 26.8. The van der Waals surface area contributed by atoms with Crippen molar-refractivity contribution in [1.29, 1.82) is 0 Å². The van der Waals surface area contributed by atoms with Crippen molar-refractivity contribution in [3.8, 4) is 16.9 Å². The number of thiazole rings is 1. The van der Waals surface area contributed by atoms with Crippen LogP contribution in [0, 0.1) is 0 Å². The molecule has 0 bridgehead atoms. The smallest absolute Gasteiger partial charge is 0.413 e. The number of nitrogens with one attached hydrogen (secondary N) is 1. The number of hydrogen-bond donors (Lipinski definition) is 1. The quantitative estimate of drug-likeness (QED) is 0.411. The summed E-state index contributed by atoms with van der Waals surface area (Å²) in [7, 11) is 1.58. The molecule has 0 saturated heterocycles. The lowest BCUT2D eigenvalue weighted by molar-refractivity contribution is 0.0635. The molecule has 1 amide bonds. The first-order chi connectivity index (χ1) is 14.3. The van der Waals surface area contributed by atoms with Crippen molar-refractivity contribution in [2.24, 2.45) is 0 Å². The fourth-order valence-electron chi connectivity index (χ4n) is 3.08. The van der Waals surface area contributed by atoms with E-state index in [-0.39, 0.29) is 18.2 Å². The summed E-state index contributed by atoms with van der Waals surface area (Å²) in [4.78, 5) is 20.8. The van der Waals surface area contributed by atoms with E-state index in [0.29, 0.717) is 11.4 Å². The number of aromatic nitrogens is 3. The van der Waals surface area contributed by atoms with E-state index in [2.05, 4.69) is 15.3 Å². The molecule has 0 radical (unpaired) electrons. The molecule has 0 spiro atoms. The molecule has 3 aromatic heterocycles. The third-order valence-corrected chi connectivity index (χ3v) is 5.49. The Labute approximate surface area is 180 Å². The summed E-state index contributed by atoms with van der Waals surface area (Å²) in [6, 6.07) is 7.27. The van der Waals surface area contributed by atoms with Crippen LogP contribution in [-0.4, -0.2) is 32.7 Å². The molecule has 156 valence electrons.